The summed E-state index contributed by atoms with van der Waals surface area (Å²) in [5, 5.41) is 12.1. The molecule has 0 saturated heterocycles. The summed E-state index contributed by atoms with van der Waals surface area (Å²) in [6, 6.07) is 6.72. The Morgan fingerprint density at radius 3 is 2.30 bits per heavy atom. The third-order valence-corrected chi connectivity index (χ3v) is 3.12. The Bertz CT molecular complexity index is 520. The molecule has 0 aliphatic heterocycles. The number of hydrogen-bond acceptors (Lipinski definition) is 4. The van der Waals surface area contributed by atoms with Crippen molar-refractivity contribution in [3.8, 4) is 0 Å². The fourth-order valence-corrected chi connectivity index (χ4v) is 1.92. The van der Waals surface area contributed by atoms with Crippen molar-refractivity contribution in [3.05, 3.63) is 35.4 Å². The number of amides is 1. The Kier molecular flexibility index (Phi) is 7.03. The Balaban J connectivity index is 2.37. The van der Waals surface area contributed by atoms with Gasteiger partial charge in [-0.3, -0.25) is 0 Å². The summed E-state index contributed by atoms with van der Waals surface area (Å²) in [5.41, 5.74) is 0.773. The number of rotatable bonds is 7. The standard InChI is InChI=1S/C17H26N2O4/c1-5-19(16(22)23-17(2,3)4)11-10-18-12-13-6-8-14(9-7-13)15(20)21/h6-9,18H,5,10-12H2,1-4H3,(H,20,21). The highest BCUT2D eigenvalue weighted by atomic mass is 16.6. The number of hydrogen-bond donors (Lipinski definition) is 2. The second-order valence-corrected chi connectivity index (χ2v) is 6.24. The summed E-state index contributed by atoms with van der Waals surface area (Å²) in [7, 11) is 0. The summed E-state index contributed by atoms with van der Waals surface area (Å²) in [5.74, 6) is -0.930. The van der Waals surface area contributed by atoms with Crippen molar-refractivity contribution < 1.29 is 19.4 Å². The van der Waals surface area contributed by atoms with Crippen LogP contribution in [0, 0.1) is 0 Å². The third kappa shape index (κ3) is 7.15. The number of ether oxygens (including phenoxy) is 1. The predicted octanol–water partition coefficient (Wildman–Crippen LogP) is 2.73. The molecule has 0 fully saturated rings. The van der Waals surface area contributed by atoms with Gasteiger partial charge >= 0.3 is 12.1 Å². The quantitative estimate of drug-likeness (QED) is 0.755. The first-order chi connectivity index (χ1) is 10.7. The lowest BCUT2D eigenvalue weighted by Crippen LogP contribution is -2.40. The molecular formula is C17H26N2O4. The Morgan fingerprint density at radius 1 is 1.22 bits per heavy atom. The second kappa shape index (κ2) is 8.53. The average molecular weight is 322 g/mol. The lowest BCUT2D eigenvalue weighted by molar-refractivity contribution is 0.0262. The first kappa shape index (κ1) is 19.0. The monoisotopic (exact) mass is 322 g/mol. The number of carboxylic acids is 1. The van der Waals surface area contributed by atoms with Gasteiger partial charge in [0, 0.05) is 26.2 Å². The Labute approximate surface area is 137 Å². The molecular weight excluding hydrogens is 296 g/mol. The molecule has 6 nitrogen and oxygen atoms in total. The largest absolute Gasteiger partial charge is 0.478 e. The fraction of sp³-hybridized carbons (Fsp3) is 0.529. The van der Waals surface area contributed by atoms with Crippen LogP contribution in [0.5, 0.6) is 0 Å². The van der Waals surface area contributed by atoms with E-state index in [0.717, 1.165) is 5.56 Å². The summed E-state index contributed by atoms with van der Waals surface area (Å²) >= 11 is 0. The number of aromatic carboxylic acids is 1. The normalized spacial score (nSPS) is 11.1. The van der Waals surface area contributed by atoms with E-state index >= 15 is 0 Å². The van der Waals surface area contributed by atoms with Gasteiger partial charge in [0.15, 0.2) is 0 Å². The van der Waals surface area contributed by atoms with Crippen molar-refractivity contribution in [1.29, 1.82) is 0 Å². The first-order valence-corrected chi connectivity index (χ1v) is 7.74. The zero-order valence-corrected chi connectivity index (χ0v) is 14.3. The van der Waals surface area contributed by atoms with E-state index < -0.39 is 11.6 Å². The first-order valence-electron chi connectivity index (χ1n) is 7.74. The molecule has 1 rings (SSSR count). The molecule has 0 radical (unpaired) electrons. The van der Waals surface area contributed by atoms with Crippen molar-refractivity contribution in [2.45, 2.75) is 39.8 Å². The topological polar surface area (TPSA) is 78.9 Å². The summed E-state index contributed by atoms with van der Waals surface area (Å²) in [4.78, 5) is 24.4. The van der Waals surface area contributed by atoms with Crippen molar-refractivity contribution in [2.75, 3.05) is 19.6 Å². The van der Waals surface area contributed by atoms with E-state index in [1.165, 1.54) is 0 Å². The van der Waals surface area contributed by atoms with Crippen LogP contribution in [0.3, 0.4) is 0 Å². The molecule has 1 amide bonds. The molecule has 1 aromatic rings. The zero-order valence-electron chi connectivity index (χ0n) is 14.3. The van der Waals surface area contributed by atoms with Crippen LogP contribution in [0.15, 0.2) is 24.3 Å². The molecule has 6 heteroatoms. The van der Waals surface area contributed by atoms with E-state index in [-0.39, 0.29) is 11.7 Å². The SMILES string of the molecule is CCN(CCNCc1ccc(C(=O)O)cc1)C(=O)OC(C)(C)C. The van der Waals surface area contributed by atoms with Gasteiger partial charge in [0.05, 0.1) is 5.56 Å². The van der Waals surface area contributed by atoms with Crippen molar-refractivity contribution >= 4 is 12.1 Å². The van der Waals surface area contributed by atoms with Crippen molar-refractivity contribution in [2.24, 2.45) is 0 Å². The van der Waals surface area contributed by atoms with E-state index in [1.807, 2.05) is 27.7 Å². The van der Waals surface area contributed by atoms with Crippen LogP contribution >= 0.6 is 0 Å². The molecule has 0 spiro atoms. The van der Waals surface area contributed by atoms with Gasteiger partial charge in [-0.15, -0.1) is 0 Å². The van der Waals surface area contributed by atoms with Crippen LogP contribution in [0.1, 0.15) is 43.6 Å². The highest BCUT2D eigenvalue weighted by molar-refractivity contribution is 5.87. The summed E-state index contributed by atoms with van der Waals surface area (Å²) in [6.45, 7) is 9.84. The van der Waals surface area contributed by atoms with Gasteiger partial charge in [0.2, 0.25) is 0 Å². The minimum Gasteiger partial charge on any atom is -0.478 e. The van der Waals surface area contributed by atoms with Gasteiger partial charge in [-0.1, -0.05) is 12.1 Å². The van der Waals surface area contributed by atoms with Crippen LogP contribution in [-0.2, 0) is 11.3 Å². The number of carbonyl (C=O) groups is 2. The van der Waals surface area contributed by atoms with Gasteiger partial charge in [-0.05, 0) is 45.4 Å². The summed E-state index contributed by atoms with van der Waals surface area (Å²) in [6.07, 6.45) is -0.312. The summed E-state index contributed by atoms with van der Waals surface area (Å²) < 4.78 is 5.35. The van der Waals surface area contributed by atoms with E-state index in [0.29, 0.717) is 26.2 Å². The molecule has 0 atom stereocenters. The van der Waals surface area contributed by atoms with Gasteiger partial charge in [0.25, 0.3) is 0 Å². The van der Waals surface area contributed by atoms with Crippen LogP contribution in [0.4, 0.5) is 4.79 Å². The molecule has 0 unspecified atom stereocenters. The Hall–Kier alpha value is -2.08. The van der Waals surface area contributed by atoms with E-state index in [1.54, 1.807) is 29.2 Å². The maximum Gasteiger partial charge on any atom is 0.410 e. The average Bonchev–Trinajstić information content (AvgIpc) is 2.45. The van der Waals surface area contributed by atoms with Crippen molar-refractivity contribution in [3.63, 3.8) is 0 Å². The highest BCUT2D eigenvalue weighted by Crippen LogP contribution is 2.09. The molecule has 0 aliphatic rings. The zero-order chi connectivity index (χ0) is 17.5. The molecule has 128 valence electrons. The second-order valence-electron chi connectivity index (χ2n) is 6.24. The third-order valence-electron chi connectivity index (χ3n) is 3.12. The lowest BCUT2D eigenvalue weighted by Gasteiger charge is -2.26. The van der Waals surface area contributed by atoms with Gasteiger partial charge in [-0.2, -0.15) is 0 Å². The highest BCUT2D eigenvalue weighted by Gasteiger charge is 2.20. The van der Waals surface area contributed by atoms with Crippen LogP contribution in [0.2, 0.25) is 0 Å². The predicted molar refractivity (Wildman–Crippen MR) is 88.6 cm³/mol. The molecule has 0 aromatic heterocycles. The fourth-order valence-electron chi connectivity index (χ4n) is 1.92. The smallest absolute Gasteiger partial charge is 0.410 e. The maximum absolute atomic E-state index is 12.0. The number of nitrogens with zero attached hydrogens (tertiary/aromatic N) is 1. The number of carboxylic acid groups (broad SMARTS) is 1. The van der Waals surface area contributed by atoms with Crippen LogP contribution in [0.25, 0.3) is 0 Å². The van der Waals surface area contributed by atoms with Crippen LogP contribution < -0.4 is 5.32 Å². The minimum atomic E-state index is -0.930. The molecule has 0 bridgehead atoms. The number of carbonyl (C=O) groups excluding carboxylic acids is 1. The number of benzene rings is 1. The molecule has 1 aromatic carbocycles. The lowest BCUT2D eigenvalue weighted by atomic mass is 10.1. The maximum atomic E-state index is 12.0. The van der Waals surface area contributed by atoms with Crippen molar-refractivity contribution in [1.82, 2.24) is 10.2 Å². The molecule has 0 saturated carbocycles. The Morgan fingerprint density at radius 2 is 1.83 bits per heavy atom. The number of likely N-dealkylation sites (N-methyl/N-ethyl adjacent to an activating group) is 1. The van der Waals surface area contributed by atoms with E-state index in [4.69, 9.17) is 9.84 Å². The van der Waals surface area contributed by atoms with E-state index in [2.05, 4.69) is 5.32 Å². The molecule has 2 N–H and O–H groups in total. The molecule has 23 heavy (non-hydrogen) atoms. The number of nitrogens with one attached hydrogen (secondary N) is 1. The van der Waals surface area contributed by atoms with E-state index in [9.17, 15) is 9.59 Å². The van der Waals surface area contributed by atoms with Gasteiger partial charge < -0.3 is 20.1 Å². The minimum absolute atomic E-state index is 0.274. The van der Waals surface area contributed by atoms with Gasteiger partial charge in [0.1, 0.15) is 5.60 Å². The molecule has 0 heterocycles. The van der Waals surface area contributed by atoms with Gasteiger partial charge in [-0.25, -0.2) is 9.59 Å². The van der Waals surface area contributed by atoms with Crippen LogP contribution in [-0.4, -0.2) is 47.3 Å². The molecule has 0 aliphatic carbocycles.